The Bertz CT molecular complexity index is 462. The molecular weight excluding hydrogens is 232 g/mol. The van der Waals surface area contributed by atoms with Gasteiger partial charge in [-0.3, -0.25) is 0 Å². The van der Waals surface area contributed by atoms with E-state index in [0.29, 0.717) is 0 Å². The van der Waals surface area contributed by atoms with Crippen LogP contribution in [0.1, 0.15) is 0 Å². The minimum Gasteiger partial charge on any atom is -0.481 e. The van der Waals surface area contributed by atoms with Gasteiger partial charge in [-0.05, 0) is 0 Å². The normalized spacial score (nSPS) is 10.9. The Kier molecular flexibility index (Phi) is 3.83. The largest absolute Gasteiger partial charge is 0.481 e. The number of hydrogen-bond donors (Lipinski definition) is 0. The standard InChI is InChI=1S/C9H12N2O4S/c1-4-5-16(12,13)9-10-7(14-2)6-8(11-9)15-3/h4,6H,1,5H2,2-3H3. The molecule has 1 aromatic heterocycles. The topological polar surface area (TPSA) is 78.4 Å². The van der Waals surface area contributed by atoms with Crippen molar-refractivity contribution in [2.75, 3.05) is 20.0 Å². The van der Waals surface area contributed by atoms with E-state index in [-0.39, 0.29) is 22.7 Å². The third kappa shape index (κ3) is 2.69. The van der Waals surface area contributed by atoms with Gasteiger partial charge in [-0.25, -0.2) is 8.42 Å². The number of aromatic nitrogens is 2. The number of methoxy groups -OCH3 is 2. The first-order chi connectivity index (χ1) is 7.53. The van der Waals surface area contributed by atoms with Crippen LogP contribution in [0.15, 0.2) is 23.9 Å². The summed E-state index contributed by atoms with van der Waals surface area (Å²) in [4.78, 5) is 7.48. The zero-order valence-corrected chi connectivity index (χ0v) is 9.82. The Labute approximate surface area is 93.9 Å². The van der Waals surface area contributed by atoms with Gasteiger partial charge < -0.3 is 9.47 Å². The quantitative estimate of drug-likeness (QED) is 0.553. The molecule has 1 rings (SSSR count). The zero-order valence-electron chi connectivity index (χ0n) is 9.00. The minimum atomic E-state index is -3.58. The van der Waals surface area contributed by atoms with Crippen molar-refractivity contribution in [2.24, 2.45) is 0 Å². The lowest BCUT2D eigenvalue weighted by Gasteiger charge is -2.05. The summed E-state index contributed by atoms with van der Waals surface area (Å²) in [7, 11) is -0.815. The van der Waals surface area contributed by atoms with Gasteiger partial charge in [-0.2, -0.15) is 9.97 Å². The molecule has 0 amide bonds. The summed E-state index contributed by atoms with van der Waals surface area (Å²) < 4.78 is 33.0. The SMILES string of the molecule is C=CCS(=O)(=O)c1nc(OC)cc(OC)n1. The van der Waals surface area contributed by atoms with Gasteiger partial charge >= 0.3 is 0 Å². The molecule has 1 aromatic rings. The van der Waals surface area contributed by atoms with Crippen LogP contribution < -0.4 is 9.47 Å². The van der Waals surface area contributed by atoms with Crippen molar-refractivity contribution >= 4 is 9.84 Å². The highest BCUT2D eigenvalue weighted by Gasteiger charge is 2.18. The van der Waals surface area contributed by atoms with Crippen LogP contribution in [0.25, 0.3) is 0 Å². The van der Waals surface area contributed by atoms with Crippen molar-refractivity contribution in [3.8, 4) is 11.8 Å². The molecule has 88 valence electrons. The summed E-state index contributed by atoms with van der Waals surface area (Å²) in [6, 6.07) is 1.40. The van der Waals surface area contributed by atoms with Crippen LogP contribution >= 0.6 is 0 Å². The Morgan fingerprint density at radius 3 is 2.19 bits per heavy atom. The number of nitrogens with zero attached hydrogens (tertiary/aromatic N) is 2. The van der Waals surface area contributed by atoms with E-state index in [1.54, 1.807) is 0 Å². The number of sulfone groups is 1. The molecule has 0 spiro atoms. The summed E-state index contributed by atoms with van der Waals surface area (Å²) in [5.74, 6) is 0.0348. The van der Waals surface area contributed by atoms with Crippen molar-refractivity contribution in [2.45, 2.75) is 5.16 Å². The molecule has 16 heavy (non-hydrogen) atoms. The lowest BCUT2D eigenvalue weighted by Crippen LogP contribution is -2.10. The third-order valence-corrected chi connectivity index (χ3v) is 3.11. The average Bonchev–Trinajstić information content (AvgIpc) is 2.28. The van der Waals surface area contributed by atoms with Gasteiger partial charge in [0, 0.05) is 0 Å². The molecule has 0 atom stereocenters. The molecule has 0 saturated carbocycles. The molecule has 1 heterocycles. The molecule has 0 fully saturated rings. The fraction of sp³-hybridized carbons (Fsp3) is 0.333. The molecule has 0 saturated heterocycles. The van der Waals surface area contributed by atoms with Crippen molar-refractivity contribution in [3.63, 3.8) is 0 Å². The van der Waals surface area contributed by atoms with Crippen LogP contribution in [-0.4, -0.2) is 38.4 Å². The number of hydrogen-bond acceptors (Lipinski definition) is 6. The third-order valence-electron chi connectivity index (χ3n) is 1.69. The van der Waals surface area contributed by atoms with E-state index in [1.807, 2.05) is 0 Å². The van der Waals surface area contributed by atoms with E-state index in [2.05, 4.69) is 16.5 Å². The molecule has 6 nitrogen and oxygen atoms in total. The second kappa shape index (κ2) is 4.93. The van der Waals surface area contributed by atoms with Crippen LogP contribution in [-0.2, 0) is 9.84 Å². The fourth-order valence-corrected chi connectivity index (χ4v) is 1.88. The van der Waals surface area contributed by atoms with Gasteiger partial charge in [0.1, 0.15) is 0 Å². The molecule has 0 radical (unpaired) electrons. The molecule has 0 aromatic carbocycles. The van der Waals surface area contributed by atoms with E-state index >= 15 is 0 Å². The summed E-state index contributed by atoms with van der Waals surface area (Å²) in [6.07, 6.45) is 1.27. The molecule has 0 N–H and O–H groups in total. The van der Waals surface area contributed by atoms with E-state index in [0.717, 1.165) is 0 Å². The maximum atomic E-state index is 11.7. The Morgan fingerprint density at radius 2 is 1.81 bits per heavy atom. The van der Waals surface area contributed by atoms with Crippen LogP contribution in [0.2, 0.25) is 0 Å². The molecular formula is C9H12N2O4S. The summed E-state index contributed by atoms with van der Waals surface area (Å²) >= 11 is 0. The van der Waals surface area contributed by atoms with Gasteiger partial charge in [-0.1, -0.05) is 6.08 Å². The van der Waals surface area contributed by atoms with Crippen molar-refractivity contribution in [3.05, 3.63) is 18.7 Å². The van der Waals surface area contributed by atoms with Crippen LogP contribution in [0.5, 0.6) is 11.8 Å². The molecule has 0 unspecified atom stereocenters. The molecule has 0 aliphatic carbocycles. The monoisotopic (exact) mass is 244 g/mol. The summed E-state index contributed by atoms with van der Waals surface area (Å²) in [5, 5.41) is -0.330. The molecule has 7 heteroatoms. The first-order valence-corrected chi connectivity index (χ1v) is 5.99. The predicted octanol–water partition coefficient (Wildman–Crippen LogP) is 0.454. The summed E-state index contributed by atoms with van der Waals surface area (Å²) in [5.41, 5.74) is 0. The molecule has 0 aliphatic heterocycles. The number of ether oxygens (including phenoxy) is 2. The highest BCUT2D eigenvalue weighted by atomic mass is 32.2. The van der Waals surface area contributed by atoms with Crippen LogP contribution in [0.4, 0.5) is 0 Å². The van der Waals surface area contributed by atoms with E-state index in [9.17, 15) is 8.42 Å². The second-order valence-electron chi connectivity index (χ2n) is 2.81. The van der Waals surface area contributed by atoms with Gasteiger partial charge in [0.25, 0.3) is 5.16 Å². The maximum absolute atomic E-state index is 11.7. The highest BCUT2D eigenvalue weighted by molar-refractivity contribution is 7.91. The van der Waals surface area contributed by atoms with Gasteiger partial charge in [0.2, 0.25) is 21.6 Å². The van der Waals surface area contributed by atoms with E-state index < -0.39 is 9.84 Å². The first-order valence-electron chi connectivity index (χ1n) is 4.34. The van der Waals surface area contributed by atoms with E-state index in [1.165, 1.54) is 26.4 Å². The first kappa shape index (κ1) is 12.4. The van der Waals surface area contributed by atoms with Crippen molar-refractivity contribution in [1.29, 1.82) is 0 Å². The Morgan fingerprint density at radius 1 is 1.31 bits per heavy atom. The Hall–Kier alpha value is -1.63. The van der Waals surface area contributed by atoms with Gasteiger partial charge in [0.05, 0.1) is 26.0 Å². The molecule has 0 bridgehead atoms. The fourth-order valence-electron chi connectivity index (χ4n) is 0.962. The summed E-state index contributed by atoms with van der Waals surface area (Å²) in [6.45, 7) is 3.36. The van der Waals surface area contributed by atoms with Gasteiger partial charge in [-0.15, -0.1) is 6.58 Å². The van der Waals surface area contributed by atoms with Crippen molar-refractivity contribution in [1.82, 2.24) is 9.97 Å². The highest BCUT2D eigenvalue weighted by Crippen LogP contribution is 2.18. The van der Waals surface area contributed by atoms with Crippen LogP contribution in [0, 0.1) is 0 Å². The zero-order chi connectivity index (χ0) is 12.2. The predicted molar refractivity (Wildman–Crippen MR) is 57.4 cm³/mol. The van der Waals surface area contributed by atoms with Crippen molar-refractivity contribution < 1.29 is 17.9 Å². The van der Waals surface area contributed by atoms with Gasteiger partial charge in [0.15, 0.2) is 0 Å². The lowest BCUT2D eigenvalue weighted by atomic mass is 10.6. The van der Waals surface area contributed by atoms with E-state index in [4.69, 9.17) is 9.47 Å². The number of rotatable bonds is 5. The second-order valence-corrected chi connectivity index (χ2v) is 4.73. The lowest BCUT2D eigenvalue weighted by molar-refractivity contribution is 0.362. The minimum absolute atomic E-state index is 0.134. The average molecular weight is 244 g/mol. The smallest absolute Gasteiger partial charge is 0.253 e. The molecule has 0 aliphatic rings. The maximum Gasteiger partial charge on any atom is 0.253 e. The Balaban J connectivity index is 3.28. The van der Waals surface area contributed by atoms with Crippen LogP contribution in [0.3, 0.4) is 0 Å².